The Labute approximate surface area is 75.0 Å². The van der Waals surface area contributed by atoms with Crippen LogP contribution in [-0.2, 0) is 9.49 Å². The second-order valence-corrected chi connectivity index (χ2v) is 2.91. The van der Waals surface area contributed by atoms with Gasteiger partial charge in [-0.05, 0) is 0 Å². The first-order valence-corrected chi connectivity index (χ1v) is 4.42. The summed E-state index contributed by atoms with van der Waals surface area (Å²) in [5, 5.41) is 0. The van der Waals surface area contributed by atoms with Crippen LogP contribution in [0.2, 0.25) is 0 Å². The van der Waals surface area contributed by atoms with E-state index in [4.69, 9.17) is 3.07 Å². The molecule has 0 unspecified atom stereocenters. The predicted molar refractivity (Wildman–Crippen MR) is 41.9 cm³/mol. The Hall–Kier alpha value is -0.0213. The Bertz CT molecular complexity index is 174. The Morgan fingerprint density at radius 3 is 2.50 bits per heavy atom. The van der Waals surface area contributed by atoms with Crippen LogP contribution in [0.1, 0.15) is 5.56 Å². The van der Waals surface area contributed by atoms with Gasteiger partial charge in [0, 0.05) is 0 Å². The molecule has 2 heteroatoms. The molecule has 0 saturated carbocycles. The summed E-state index contributed by atoms with van der Waals surface area (Å²) in [6, 6.07) is 10.4. The van der Waals surface area contributed by atoms with E-state index in [2.05, 4.69) is 24.3 Å². The van der Waals surface area contributed by atoms with Gasteiger partial charge in [-0.15, -0.1) is 0 Å². The zero-order chi connectivity index (χ0) is 7.23. The Morgan fingerprint density at radius 2 is 1.90 bits per heavy atom. The molecule has 0 aromatic heterocycles. The molecule has 0 spiro atoms. The minimum absolute atomic E-state index is 0.850. The molecule has 0 atom stereocenters. The molecule has 1 nitrogen and oxygen atoms in total. The molecule has 10 heavy (non-hydrogen) atoms. The molecule has 3 radical (unpaired) electrons. The summed E-state index contributed by atoms with van der Waals surface area (Å²) in [7, 11) is 0. The van der Waals surface area contributed by atoms with Crippen LogP contribution in [-0.4, -0.2) is 29.5 Å². The summed E-state index contributed by atoms with van der Waals surface area (Å²) >= 11 is 1.16. The van der Waals surface area contributed by atoms with E-state index in [1.165, 1.54) is 5.56 Å². The SMILES string of the molecule is [Sn][O]CCc1ccccc1. The van der Waals surface area contributed by atoms with Gasteiger partial charge in [0.25, 0.3) is 0 Å². The van der Waals surface area contributed by atoms with E-state index < -0.39 is 0 Å². The average Bonchev–Trinajstić information content (AvgIpc) is 2.03. The van der Waals surface area contributed by atoms with Crippen LogP contribution in [0, 0.1) is 0 Å². The van der Waals surface area contributed by atoms with Crippen molar-refractivity contribution < 1.29 is 3.07 Å². The Kier molecular flexibility index (Phi) is 3.83. The van der Waals surface area contributed by atoms with Gasteiger partial charge in [0.05, 0.1) is 0 Å². The van der Waals surface area contributed by atoms with Crippen molar-refractivity contribution in [2.75, 3.05) is 6.61 Å². The summed E-state index contributed by atoms with van der Waals surface area (Å²) in [5.74, 6) is 0. The maximum absolute atomic E-state index is 5.04. The third-order valence-corrected chi connectivity index (χ3v) is 1.92. The Balaban J connectivity index is 2.43. The van der Waals surface area contributed by atoms with E-state index >= 15 is 0 Å². The van der Waals surface area contributed by atoms with E-state index in [1.807, 2.05) is 6.07 Å². The van der Waals surface area contributed by atoms with Crippen molar-refractivity contribution in [2.24, 2.45) is 0 Å². The Morgan fingerprint density at radius 1 is 1.20 bits per heavy atom. The van der Waals surface area contributed by atoms with Crippen LogP contribution >= 0.6 is 0 Å². The van der Waals surface area contributed by atoms with Crippen molar-refractivity contribution in [3.05, 3.63) is 35.9 Å². The van der Waals surface area contributed by atoms with Crippen LogP contribution in [0.25, 0.3) is 0 Å². The van der Waals surface area contributed by atoms with Gasteiger partial charge in [0.1, 0.15) is 0 Å². The normalized spacial score (nSPS) is 9.70. The fourth-order valence-electron chi connectivity index (χ4n) is 0.814. The third kappa shape index (κ3) is 2.71. The standard InChI is InChI=1S/C8H9O.Sn/c9-7-6-8-4-2-1-3-5-8;/h1-5H,6-7H2;/q-1;+1. The summed E-state index contributed by atoms with van der Waals surface area (Å²) < 4.78 is 5.04. The van der Waals surface area contributed by atoms with Crippen molar-refractivity contribution in [2.45, 2.75) is 6.42 Å². The fraction of sp³-hybridized carbons (Fsp3) is 0.250. The van der Waals surface area contributed by atoms with E-state index in [1.54, 1.807) is 0 Å². The molecule has 1 rings (SSSR count). The topological polar surface area (TPSA) is 9.23 Å². The summed E-state index contributed by atoms with van der Waals surface area (Å²) in [4.78, 5) is 0. The first-order chi connectivity index (χ1) is 4.93. The summed E-state index contributed by atoms with van der Waals surface area (Å²) in [6.45, 7) is 0.850. The van der Waals surface area contributed by atoms with Crippen LogP contribution in [0.5, 0.6) is 0 Å². The van der Waals surface area contributed by atoms with Crippen molar-refractivity contribution in [3.63, 3.8) is 0 Å². The van der Waals surface area contributed by atoms with Gasteiger partial charge in [0.15, 0.2) is 0 Å². The van der Waals surface area contributed by atoms with Crippen molar-refractivity contribution in [3.8, 4) is 0 Å². The zero-order valence-electron chi connectivity index (χ0n) is 5.71. The number of rotatable bonds is 3. The second-order valence-electron chi connectivity index (χ2n) is 2.08. The molecule has 0 amide bonds. The quantitative estimate of drug-likeness (QED) is 0.724. The molecule has 0 fully saturated rings. The van der Waals surface area contributed by atoms with Crippen molar-refractivity contribution in [1.82, 2.24) is 0 Å². The molecule has 0 aliphatic rings. The minimum atomic E-state index is 0.850. The molecule has 0 saturated heterocycles. The summed E-state index contributed by atoms with van der Waals surface area (Å²) in [6.07, 6.45) is 1.03. The number of hydrogen-bond donors (Lipinski definition) is 0. The van der Waals surface area contributed by atoms with E-state index in [0.717, 1.165) is 36.0 Å². The average molecular weight is 240 g/mol. The predicted octanol–water partition coefficient (Wildman–Crippen LogP) is 1.33. The molecule has 0 N–H and O–H groups in total. The van der Waals surface area contributed by atoms with Crippen molar-refractivity contribution in [1.29, 1.82) is 0 Å². The molecule has 1 aromatic rings. The van der Waals surface area contributed by atoms with Gasteiger partial charge in [-0.25, -0.2) is 0 Å². The molecule has 0 aliphatic carbocycles. The third-order valence-electron chi connectivity index (χ3n) is 1.34. The maximum atomic E-state index is 5.04. The van der Waals surface area contributed by atoms with Crippen LogP contribution in [0.4, 0.5) is 0 Å². The molecule has 1 aromatic carbocycles. The van der Waals surface area contributed by atoms with Gasteiger partial charge in [-0.3, -0.25) is 0 Å². The molecular weight excluding hydrogens is 231 g/mol. The first-order valence-electron chi connectivity index (χ1n) is 3.26. The van der Waals surface area contributed by atoms with Gasteiger partial charge in [0.2, 0.25) is 0 Å². The van der Waals surface area contributed by atoms with Gasteiger partial charge >= 0.3 is 74.9 Å². The second kappa shape index (κ2) is 4.74. The fourth-order valence-corrected chi connectivity index (χ4v) is 1.10. The molecule has 0 aliphatic heterocycles. The number of hydrogen-bond acceptors (Lipinski definition) is 1. The van der Waals surface area contributed by atoms with Gasteiger partial charge in [-0.1, -0.05) is 0 Å². The monoisotopic (exact) mass is 241 g/mol. The molecular formula is C8H9OSn. The summed E-state index contributed by atoms with van der Waals surface area (Å²) in [5.41, 5.74) is 1.35. The number of benzene rings is 1. The first kappa shape index (κ1) is 8.08. The van der Waals surface area contributed by atoms with E-state index in [-0.39, 0.29) is 0 Å². The molecule has 0 bridgehead atoms. The van der Waals surface area contributed by atoms with E-state index in [0.29, 0.717) is 0 Å². The molecule has 51 valence electrons. The molecule has 0 heterocycles. The van der Waals surface area contributed by atoms with Gasteiger partial charge < -0.3 is 0 Å². The van der Waals surface area contributed by atoms with Crippen LogP contribution in [0.15, 0.2) is 30.3 Å². The van der Waals surface area contributed by atoms with Crippen LogP contribution in [0.3, 0.4) is 0 Å². The van der Waals surface area contributed by atoms with Crippen molar-refractivity contribution >= 4 is 22.9 Å². The zero-order valence-corrected chi connectivity index (χ0v) is 8.56. The van der Waals surface area contributed by atoms with E-state index in [9.17, 15) is 0 Å². The van der Waals surface area contributed by atoms with Gasteiger partial charge in [-0.2, -0.15) is 0 Å². The van der Waals surface area contributed by atoms with Crippen LogP contribution < -0.4 is 0 Å².